The number of primary amides is 1. The number of rotatable bonds is 5. The molecular weight excluding hydrogens is 459 g/mol. The number of nitrogens with two attached hydrogens (primary N) is 1. The van der Waals surface area contributed by atoms with Crippen LogP contribution in [0.3, 0.4) is 0 Å². The van der Waals surface area contributed by atoms with E-state index in [1.54, 1.807) is 17.2 Å². The van der Waals surface area contributed by atoms with Crippen molar-refractivity contribution in [3.8, 4) is 11.3 Å². The molecule has 0 spiro atoms. The van der Waals surface area contributed by atoms with Crippen LogP contribution in [0.25, 0.3) is 22.0 Å². The summed E-state index contributed by atoms with van der Waals surface area (Å²) in [6.07, 6.45) is 6.00. The molecular formula is C27H25FN6O2. The summed E-state index contributed by atoms with van der Waals surface area (Å²) in [5.41, 5.74) is 6.84. The number of nitrogens with zero attached hydrogens (tertiary/aromatic N) is 4. The number of carbonyl (C=O) groups is 2. The number of fused-ring (bicyclic) bond motifs is 1. The van der Waals surface area contributed by atoms with Crippen molar-refractivity contribution in [2.75, 3.05) is 18.0 Å². The highest BCUT2D eigenvalue weighted by Crippen LogP contribution is 2.32. The van der Waals surface area contributed by atoms with Gasteiger partial charge in [-0.05, 0) is 55.5 Å². The van der Waals surface area contributed by atoms with Crippen molar-refractivity contribution < 1.29 is 14.0 Å². The topological polar surface area (TPSA) is 114 Å². The second kappa shape index (κ2) is 9.79. The fraction of sp³-hybridized carbons (Fsp3) is 0.222. The van der Waals surface area contributed by atoms with Crippen molar-refractivity contribution in [3.63, 3.8) is 0 Å². The summed E-state index contributed by atoms with van der Waals surface area (Å²) in [5.74, 6) is -1.37. The van der Waals surface area contributed by atoms with E-state index in [0.29, 0.717) is 17.9 Å². The van der Waals surface area contributed by atoms with Crippen LogP contribution in [0, 0.1) is 12.7 Å². The van der Waals surface area contributed by atoms with Crippen molar-refractivity contribution in [1.82, 2.24) is 20.3 Å². The minimum Gasteiger partial charge on any atom is -0.364 e. The van der Waals surface area contributed by atoms with Crippen molar-refractivity contribution >= 4 is 28.4 Å². The highest BCUT2D eigenvalue weighted by Gasteiger charge is 2.31. The summed E-state index contributed by atoms with van der Waals surface area (Å²) in [6, 6.07) is 11.9. The number of hydrogen-bond acceptors (Lipinski definition) is 6. The average Bonchev–Trinajstić information content (AvgIpc) is 2.89. The summed E-state index contributed by atoms with van der Waals surface area (Å²) >= 11 is 0. The number of halogens is 1. The van der Waals surface area contributed by atoms with Gasteiger partial charge in [-0.25, -0.2) is 14.4 Å². The van der Waals surface area contributed by atoms with Gasteiger partial charge in [0.2, 0.25) is 0 Å². The third-order valence-corrected chi connectivity index (χ3v) is 6.44. The maximum Gasteiger partial charge on any atom is 0.268 e. The van der Waals surface area contributed by atoms with E-state index in [4.69, 9.17) is 5.73 Å². The normalized spacial score (nSPS) is 15.6. The fourth-order valence-corrected chi connectivity index (χ4v) is 4.66. The molecule has 2 aromatic carbocycles. The Kier molecular flexibility index (Phi) is 6.39. The molecule has 0 bridgehead atoms. The Hall–Kier alpha value is -4.24. The average molecular weight is 485 g/mol. The van der Waals surface area contributed by atoms with E-state index < -0.39 is 17.6 Å². The Morgan fingerprint density at radius 1 is 1.17 bits per heavy atom. The lowest BCUT2D eigenvalue weighted by atomic mass is 10.0. The third-order valence-electron chi connectivity index (χ3n) is 6.44. The summed E-state index contributed by atoms with van der Waals surface area (Å²) in [5, 5.41) is 5.18. The molecule has 1 atom stereocenters. The van der Waals surface area contributed by atoms with E-state index >= 15 is 4.39 Å². The fourth-order valence-electron chi connectivity index (χ4n) is 4.66. The van der Waals surface area contributed by atoms with E-state index in [0.717, 1.165) is 35.7 Å². The van der Waals surface area contributed by atoms with Crippen LogP contribution in [0.1, 0.15) is 39.3 Å². The highest BCUT2D eigenvalue weighted by atomic mass is 19.1. The van der Waals surface area contributed by atoms with Gasteiger partial charge in [0.25, 0.3) is 11.8 Å². The van der Waals surface area contributed by atoms with Crippen LogP contribution in [-0.2, 0) is 0 Å². The number of piperidine rings is 1. The number of benzene rings is 2. The largest absolute Gasteiger partial charge is 0.364 e. The van der Waals surface area contributed by atoms with Gasteiger partial charge in [-0.3, -0.25) is 19.5 Å². The summed E-state index contributed by atoms with van der Waals surface area (Å²) in [6.45, 7) is 3.44. The summed E-state index contributed by atoms with van der Waals surface area (Å²) < 4.78 is 15.5. The molecule has 3 N–H and O–H groups in total. The quantitative estimate of drug-likeness (QED) is 0.447. The second-order valence-corrected chi connectivity index (χ2v) is 8.83. The lowest BCUT2D eigenvalue weighted by Gasteiger charge is -2.35. The van der Waals surface area contributed by atoms with E-state index in [2.05, 4.69) is 20.3 Å². The first-order valence-electron chi connectivity index (χ1n) is 11.7. The van der Waals surface area contributed by atoms with Gasteiger partial charge < -0.3 is 11.1 Å². The molecule has 4 aromatic rings. The summed E-state index contributed by atoms with van der Waals surface area (Å²) in [7, 11) is 0. The zero-order valence-electron chi connectivity index (χ0n) is 19.7. The Bertz CT molecular complexity index is 1460. The van der Waals surface area contributed by atoms with Crippen LogP contribution in [0.5, 0.6) is 0 Å². The van der Waals surface area contributed by atoms with Crippen molar-refractivity contribution in [2.45, 2.75) is 25.8 Å². The Labute approximate surface area is 207 Å². The molecule has 0 saturated carbocycles. The Balaban J connectivity index is 1.58. The third kappa shape index (κ3) is 4.40. The van der Waals surface area contributed by atoms with Gasteiger partial charge in [-0.15, -0.1) is 0 Å². The minimum atomic E-state index is -0.730. The lowest BCUT2D eigenvalue weighted by molar-refractivity contribution is 0.0965. The van der Waals surface area contributed by atoms with Crippen molar-refractivity contribution in [1.29, 1.82) is 0 Å². The van der Waals surface area contributed by atoms with E-state index in [1.807, 2.05) is 31.2 Å². The SMILES string of the molecule is Cc1cccc2ccnc(N(C(=O)c3ccc(-c4cncc(C(N)=O)n4)cc3F)[C@@H]3CCCNC3)c12. The van der Waals surface area contributed by atoms with Crippen LogP contribution >= 0.6 is 0 Å². The first-order chi connectivity index (χ1) is 17.4. The van der Waals surface area contributed by atoms with E-state index in [1.165, 1.54) is 24.5 Å². The van der Waals surface area contributed by atoms with Gasteiger partial charge in [-0.2, -0.15) is 0 Å². The van der Waals surface area contributed by atoms with Crippen LogP contribution in [0.2, 0.25) is 0 Å². The Morgan fingerprint density at radius 3 is 2.78 bits per heavy atom. The number of aryl methyl sites for hydroxylation is 1. The van der Waals surface area contributed by atoms with Crippen LogP contribution in [0.15, 0.2) is 61.1 Å². The van der Waals surface area contributed by atoms with Crippen LogP contribution in [0.4, 0.5) is 10.2 Å². The molecule has 1 saturated heterocycles. The smallest absolute Gasteiger partial charge is 0.268 e. The molecule has 2 amide bonds. The number of amides is 2. The number of anilines is 1. The van der Waals surface area contributed by atoms with Gasteiger partial charge >= 0.3 is 0 Å². The number of pyridine rings is 1. The van der Waals surface area contributed by atoms with Crippen molar-refractivity contribution in [3.05, 3.63) is 83.7 Å². The molecule has 9 heteroatoms. The predicted molar refractivity (Wildman–Crippen MR) is 135 cm³/mol. The molecule has 0 unspecified atom stereocenters. The molecule has 3 heterocycles. The molecule has 5 rings (SSSR count). The molecule has 8 nitrogen and oxygen atoms in total. The number of carbonyl (C=O) groups excluding carboxylic acids is 2. The number of hydrogen-bond donors (Lipinski definition) is 2. The van der Waals surface area contributed by atoms with Gasteiger partial charge in [0.15, 0.2) is 0 Å². The summed E-state index contributed by atoms with van der Waals surface area (Å²) in [4.78, 5) is 39.7. The zero-order chi connectivity index (χ0) is 25.2. The van der Waals surface area contributed by atoms with Gasteiger partial charge in [0.1, 0.15) is 17.3 Å². The van der Waals surface area contributed by atoms with E-state index in [9.17, 15) is 9.59 Å². The first-order valence-corrected chi connectivity index (χ1v) is 11.7. The Morgan fingerprint density at radius 2 is 2.03 bits per heavy atom. The second-order valence-electron chi connectivity index (χ2n) is 8.83. The minimum absolute atomic E-state index is 0.0264. The molecule has 1 aliphatic rings. The monoisotopic (exact) mass is 484 g/mol. The number of aromatic nitrogens is 3. The first kappa shape index (κ1) is 23.5. The van der Waals surface area contributed by atoms with Gasteiger partial charge in [0, 0.05) is 23.7 Å². The predicted octanol–water partition coefficient (Wildman–Crippen LogP) is 3.64. The molecule has 182 valence electrons. The van der Waals surface area contributed by atoms with Gasteiger partial charge in [-0.1, -0.05) is 24.3 Å². The molecule has 2 aromatic heterocycles. The van der Waals surface area contributed by atoms with Crippen molar-refractivity contribution in [2.24, 2.45) is 5.73 Å². The maximum absolute atomic E-state index is 15.5. The van der Waals surface area contributed by atoms with E-state index in [-0.39, 0.29) is 23.0 Å². The standard InChI is InChI=1S/C27H25FN6O2/c1-16-4-2-5-17-9-11-32-26(24(16)17)34(19-6-3-10-30-13-19)27(36)20-8-7-18(12-21(20)28)22-14-31-15-23(33-22)25(29)35/h2,4-5,7-9,11-12,14-15,19,30H,3,6,10,13H2,1H3,(H2,29,35)/t19-/m1/s1. The lowest BCUT2D eigenvalue weighted by Crippen LogP contribution is -2.49. The van der Waals surface area contributed by atoms with Crippen LogP contribution < -0.4 is 16.0 Å². The molecule has 0 aliphatic carbocycles. The molecule has 36 heavy (non-hydrogen) atoms. The van der Waals surface area contributed by atoms with Gasteiger partial charge in [0.05, 0.1) is 29.7 Å². The highest BCUT2D eigenvalue weighted by molar-refractivity contribution is 6.11. The molecule has 0 radical (unpaired) electrons. The number of nitrogens with one attached hydrogen (secondary N) is 1. The van der Waals surface area contributed by atoms with Crippen LogP contribution in [-0.4, -0.2) is 45.9 Å². The maximum atomic E-state index is 15.5. The zero-order valence-corrected chi connectivity index (χ0v) is 19.7. The molecule has 1 aliphatic heterocycles. The molecule has 1 fully saturated rings.